The maximum atomic E-state index is 11.0. The van der Waals surface area contributed by atoms with Crippen LogP contribution >= 0.6 is 0 Å². The first-order chi connectivity index (χ1) is 6.20. The molecular weight excluding hydrogens is 176 g/mol. The van der Waals surface area contributed by atoms with Crippen molar-refractivity contribution in [3.63, 3.8) is 0 Å². The second kappa shape index (κ2) is 4.24. The number of carboxylic acid groups (broad SMARTS) is 1. The Hall–Kier alpha value is -1.85. The van der Waals surface area contributed by atoms with Gasteiger partial charge in [0.1, 0.15) is 0 Å². The van der Waals surface area contributed by atoms with E-state index in [-0.39, 0.29) is 18.7 Å². The van der Waals surface area contributed by atoms with E-state index in [1.807, 2.05) is 0 Å². The van der Waals surface area contributed by atoms with Crippen molar-refractivity contribution in [1.29, 1.82) is 0 Å². The lowest BCUT2D eigenvalue weighted by atomic mass is 10.4. The summed E-state index contributed by atoms with van der Waals surface area (Å²) in [4.78, 5) is 21.1. The molecule has 2 N–H and O–H groups in total. The number of rotatable bonds is 4. The van der Waals surface area contributed by atoms with Crippen molar-refractivity contribution in [2.45, 2.75) is 6.42 Å². The summed E-state index contributed by atoms with van der Waals surface area (Å²) in [5, 5.41) is 14.0. The van der Waals surface area contributed by atoms with Gasteiger partial charge in [-0.25, -0.2) is 0 Å². The number of carbonyl (C=O) groups is 2. The molecule has 70 valence electrons. The van der Waals surface area contributed by atoms with E-state index in [0.717, 1.165) is 0 Å². The van der Waals surface area contributed by atoms with Gasteiger partial charge in [0.25, 0.3) is 5.91 Å². The first-order valence-electron chi connectivity index (χ1n) is 3.61. The Morgan fingerprint density at radius 3 is 2.92 bits per heavy atom. The molecule has 1 aromatic heterocycles. The lowest BCUT2D eigenvalue weighted by Gasteiger charge is -1.98. The third-order valence-corrected chi connectivity index (χ3v) is 1.29. The molecule has 6 nitrogen and oxygen atoms in total. The molecule has 13 heavy (non-hydrogen) atoms. The SMILES string of the molecule is O=C(O)CCNC(=O)c1ccno1. The quantitative estimate of drug-likeness (QED) is 0.680. The first-order valence-corrected chi connectivity index (χ1v) is 3.61. The first kappa shape index (κ1) is 9.24. The molecule has 1 amide bonds. The Bertz CT molecular complexity index is 293. The molecule has 0 spiro atoms. The van der Waals surface area contributed by atoms with Gasteiger partial charge in [0.15, 0.2) is 0 Å². The maximum Gasteiger partial charge on any atom is 0.305 e. The number of carboxylic acids is 1. The molecule has 1 rings (SSSR count). The van der Waals surface area contributed by atoms with E-state index >= 15 is 0 Å². The highest BCUT2D eigenvalue weighted by Gasteiger charge is 2.08. The summed E-state index contributed by atoms with van der Waals surface area (Å²) in [5.41, 5.74) is 0. The van der Waals surface area contributed by atoms with Crippen molar-refractivity contribution in [2.24, 2.45) is 0 Å². The van der Waals surface area contributed by atoms with Gasteiger partial charge in [-0.05, 0) is 0 Å². The van der Waals surface area contributed by atoms with E-state index in [0.29, 0.717) is 0 Å². The molecule has 0 atom stereocenters. The Labute approximate surface area is 73.5 Å². The van der Waals surface area contributed by atoms with Crippen LogP contribution in [0.15, 0.2) is 16.8 Å². The van der Waals surface area contributed by atoms with Crippen LogP contribution in [0.5, 0.6) is 0 Å². The van der Waals surface area contributed by atoms with Crippen molar-refractivity contribution < 1.29 is 19.2 Å². The van der Waals surface area contributed by atoms with Crippen molar-refractivity contribution in [2.75, 3.05) is 6.54 Å². The summed E-state index contributed by atoms with van der Waals surface area (Å²) in [6, 6.07) is 1.40. The average Bonchev–Trinajstić information content (AvgIpc) is 2.55. The van der Waals surface area contributed by atoms with Gasteiger partial charge in [-0.1, -0.05) is 5.16 Å². The fourth-order valence-corrected chi connectivity index (χ4v) is 0.703. The number of amides is 1. The third-order valence-electron chi connectivity index (χ3n) is 1.29. The predicted octanol–water partition coefficient (Wildman–Crippen LogP) is -0.121. The lowest BCUT2D eigenvalue weighted by Crippen LogP contribution is -2.25. The topological polar surface area (TPSA) is 92.4 Å². The van der Waals surface area contributed by atoms with Crippen LogP contribution in [0.4, 0.5) is 0 Å². The van der Waals surface area contributed by atoms with Gasteiger partial charge in [0, 0.05) is 12.6 Å². The smallest absolute Gasteiger partial charge is 0.305 e. The highest BCUT2D eigenvalue weighted by atomic mass is 16.5. The molecule has 0 saturated carbocycles. The van der Waals surface area contributed by atoms with Crippen LogP contribution < -0.4 is 5.32 Å². The van der Waals surface area contributed by atoms with E-state index in [2.05, 4.69) is 15.0 Å². The molecule has 0 unspecified atom stereocenters. The molecule has 0 aliphatic carbocycles. The van der Waals surface area contributed by atoms with E-state index in [4.69, 9.17) is 5.11 Å². The monoisotopic (exact) mass is 184 g/mol. The second-order valence-electron chi connectivity index (χ2n) is 2.28. The fourth-order valence-electron chi connectivity index (χ4n) is 0.703. The minimum Gasteiger partial charge on any atom is -0.481 e. The van der Waals surface area contributed by atoms with Crippen molar-refractivity contribution in [3.05, 3.63) is 18.0 Å². The normalized spacial score (nSPS) is 9.54. The van der Waals surface area contributed by atoms with E-state index in [1.54, 1.807) is 0 Å². The summed E-state index contributed by atoms with van der Waals surface area (Å²) >= 11 is 0. The minimum atomic E-state index is -0.960. The predicted molar refractivity (Wildman–Crippen MR) is 41.1 cm³/mol. The van der Waals surface area contributed by atoms with Crippen molar-refractivity contribution >= 4 is 11.9 Å². The van der Waals surface area contributed by atoms with Gasteiger partial charge in [0.05, 0.1) is 12.6 Å². The number of aliphatic carboxylic acids is 1. The molecule has 0 fully saturated rings. The molecular formula is C7H8N2O4. The Morgan fingerprint density at radius 2 is 2.38 bits per heavy atom. The van der Waals surface area contributed by atoms with Crippen LogP contribution in [0.2, 0.25) is 0 Å². The van der Waals surface area contributed by atoms with Crippen LogP contribution in [-0.2, 0) is 4.79 Å². The van der Waals surface area contributed by atoms with Gasteiger partial charge in [-0.3, -0.25) is 9.59 Å². The van der Waals surface area contributed by atoms with Gasteiger partial charge >= 0.3 is 5.97 Å². The maximum absolute atomic E-state index is 11.0. The van der Waals surface area contributed by atoms with Crippen LogP contribution in [0.1, 0.15) is 17.0 Å². The number of hydrogen-bond acceptors (Lipinski definition) is 4. The fraction of sp³-hybridized carbons (Fsp3) is 0.286. The highest BCUT2D eigenvalue weighted by Crippen LogP contribution is 1.95. The molecule has 1 aromatic rings. The summed E-state index contributed by atoms with van der Waals surface area (Å²) in [6.45, 7) is 0.0782. The standard InChI is InChI=1S/C7H8N2O4/c10-6(11)2-3-8-7(12)5-1-4-9-13-5/h1,4H,2-3H2,(H,8,12)(H,10,11). The summed E-state index contributed by atoms with van der Waals surface area (Å²) in [7, 11) is 0. The van der Waals surface area contributed by atoms with Gasteiger partial charge < -0.3 is 14.9 Å². The molecule has 0 radical (unpaired) electrons. The Kier molecular flexibility index (Phi) is 3.02. The molecule has 0 aliphatic heterocycles. The minimum absolute atomic E-state index is 0.0744. The van der Waals surface area contributed by atoms with Gasteiger partial charge in [-0.2, -0.15) is 0 Å². The van der Waals surface area contributed by atoms with E-state index < -0.39 is 11.9 Å². The molecule has 6 heteroatoms. The van der Waals surface area contributed by atoms with Gasteiger partial charge in [0.2, 0.25) is 5.76 Å². The largest absolute Gasteiger partial charge is 0.481 e. The zero-order valence-electron chi connectivity index (χ0n) is 6.69. The number of aromatic nitrogens is 1. The lowest BCUT2D eigenvalue weighted by molar-refractivity contribution is -0.136. The Morgan fingerprint density at radius 1 is 1.62 bits per heavy atom. The molecule has 0 aliphatic rings. The van der Waals surface area contributed by atoms with Crippen molar-refractivity contribution in [1.82, 2.24) is 10.5 Å². The van der Waals surface area contributed by atoms with Crippen LogP contribution in [0.3, 0.4) is 0 Å². The summed E-state index contributed by atoms with van der Waals surface area (Å²) in [5.74, 6) is -1.35. The average molecular weight is 184 g/mol. The van der Waals surface area contributed by atoms with Crippen LogP contribution in [-0.4, -0.2) is 28.7 Å². The Balaban J connectivity index is 2.31. The van der Waals surface area contributed by atoms with Crippen molar-refractivity contribution in [3.8, 4) is 0 Å². The van der Waals surface area contributed by atoms with E-state index in [1.165, 1.54) is 12.3 Å². The number of nitrogens with zero attached hydrogens (tertiary/aromatic N) is 1. The second-order valence-corrected chi connectivity index (χ2v) is 2.28. The van der Waals surface area contributed by atoms with Gasteiger partial charge in [-0.15, -0.1) is 0 Å². The third kappa shape index (κ3) is 2.94. The van der Waals surface area contributed by atoms with Crippen LogP contribution in [0.25, 0.3) is 0 Å². The van der Waals surface area contributed by atoms with Crippen LogP contribution in [0, 0.1) is 0 Å². The number of carbonyl (C=O) groups excluding carboxylic acids is 1. The zero-order valence-corrected chi connectivity index (χ0v) is 6.69. The van der Waals surface area contributed by atoms with E-state index in [9.17, 15) is 9.59 Å². The number of hydrogen-bond donors (Lipinski definition) is 2. The highest BCUT2D eigenvalue weighted by molar-refractivity contribution is 5.91. The number of nitrogens with one attached hydrogen (secondary N) is 1. The molecule has 0 aromatic carbocycles. The zero-order chi connectivity index (χ0) is 9.68. The summed E-state index contributed by atoms with van der Waals surface area (Å²) < 4.78 is 4.54. The molecule has 0 saturated heterocycles. The summed E-state index contributed by atoms with van der Waals surface area (Å²) in [6.07, 6.45) is 1.23. The molecule has 0 bridgehead atoms. The molecule has 1 heterocycles.